The zero-order valence-electron chi connectivity index (χ0n) is 20.9. The van der Waals surface area contributed by atoms with Crippen LogP contribution in [0.1, 0.15) is 26.5 Å². The van der Waals surface area contributed by atoms with Crippen molar-refractivity contribution in [2.75, 3.05) is 57.4 Å². The highest BCUT2D eigenvalue weighted by molar-refractivity contribution is 5.93. The molecule has 0 aromatic carbocycles. The number of anilines is 1. The number of fused-ring (bicyclic) bond motifs is 2. The quantitative estimate of drug-likeness (QED) is 0.487. The highest BCUT2D eigenvalue weighted by atomic mass is 16.5. The lowest BCUT2D eigenvalue weighted by atomic mass is 10.0. The molecule has 0 radical (unpaired) electrons. The molecule has 4 aromatic rings. The van der Waals surface area contributed by atoms with E-state index in [1.807, 2.05) is 23.1 Å². The van der Waals surface area contributed by atoms with Crippen LogP contribution in [0.3, 0.4) is 0 Å². The number of nitrogens with one attached hydrogen (secondary N) is 1. The van der Waals surface area contributed by atoms with Gasteiger partial charge in [-0.3, -0.25) is 14.8 Å². The molecule has 2 aliphatic heterocycles. The molecule has 0 saturated carbocycles. The topological polar surface area (TPSA) is 77.8 Å². The Morgan fingerprint density at radius 3 is 2.57 bits per heavy atom. The molecule has 4 aromatic heterocycles. The van der Waals surface area contributed by atoms with Gasteiger partial charge in [0, 0.05) is 86.8 Å². The molecule has 0 spiro atoms. The molecule has 0 aliphatic carbocycles. The van der Waals surface area contributed by atoms with Gasteiger partial charge in [0.1, 0.15) is 5.82 Å². The van der Waals surface area contributed by atoms with Gasteiger partial charge in [-0.15, -0.1) is 0 Å². The summed E-state index contributed by atoms with van der Waals surface area (Å²) in [7, 11) is 0. The van der Waals surface area contributed by atoms with Crippen molar-refractivity contribution in [1.29, 1.82) is 0 Å². The molecule has 184 valence electrons. The number of hydrogen-bond acceptors (Lipinski definition) is 7. The summed E-state index contributed by atoms with van der Waals surface area (Å²) in [5, 5.41) is 6.16. The maximum atomic E-state index is 5.62. The minimum Gasteiger partial charge on any atom is -0.378 e. The Labute approximate surface area is 205 Å². The number of piperazine rings is 1. The van der Waals surface area contributed by atoms with Crippen molar-refractivity contribution in [3.63, 3.8) is 0 Å². The normalized spacial score (nSPS) is 18.7. The number of rotatable bonds is 4. The Bertz CT molecular complexity index is 1320. The molecule has 9 nitrogen and oxygen atoms in total. The number of aromatic amines is 1. The Morgan fingerprint density at radius 2 is 1.80 bits per heavy atom. The van der Waals surface area contributed by atoms with E-state index in [0.717, 1.165) is 98.3 Å². The number of hydrogen-bond donors (Lipinski definition) is 1. The van der Waals surface area contributed by atoms with Crippen molar-refractivity contribution in [3.8, 4) is 11.3 Å². The standard InChI is InChI=1S/C26H34N8O/c1-26(2,3)33-8-6-31(7-9-33)18-19-14-24-29-22(21-16-27-17-23-20(21)4-5-28-23)15-25(34(24)30-19)32-10-12-35-13-11-32/h4-5,14-17,28H,6-13,18H2,1-3H3. The van der Waals surface area contributed by atoms with E-state index in [2.05, 4.69) is 63.6 Å². The van der Waals surface area contributed by atoms with Gasteiger partial charge in [-0.1, -0.05) is 0 Å². The summed E-state index contributed by atoms with van der Waals surface area (Å²) in [6, 6.07) is 6.39. The molecule has 2 fully saturated rings. The number of H-pyrrole nitrogens is 1. The summed E-state index contributed by atoms with van der Waals surface area (Å²) in [6.07, 6.45) is 5.72. The molecule has 2 aliphatic rings. The summed E-state index contributed by atoms with van der Waals surface area (Å²) in [6.45, 7) is 15.2. The highest BCUT2D eigenvalue weighted by Crippen LogP contribution is 2.30. The molecule has 0 bridgehead atoms. The van der Waals surface area contributed by atoms with E-state index in [1.165, 1.54) is 0 Å². The minimum atomic E-state index is 0.222. The lowest BCUT2D eigenvalue weighted by Gasteiger charge is -2.42. The lowest BCUT2D eigenvalue weighted by molar-refractivity contribution is 0.0585. The largest absolute Gasteiger partial charge is 0.378 e. The van der Waals surface area contributed by atoms with E-state index in [4.69, 9.17) is 14.8 Å². The molecule has 0 unspecified atom stereocenters. The van der Waals surface area contributed by atoms with Crippen LogP contribution in [-0.4, -0.2) is 92.4 Å². The fourth-order valence-electron chi connectivity index (χ4n) is 5.23. The Balaban J connectivity index is 1.35. The summed E-state index contributed by atoms with van der Waals surface area (Å²) < 4.78 is 7.64. The summed E-state index contributed by atoms with van der Waals surface area (Å²) in [4.78, 5) is 20.2. The van der Waals surface area contributed by atoms with Crippen LogP contribution >= 0.6 is 0 Å². The summed E-state index contributed by atoms with van der Waals surface area (Å²) in [5.74, 6) is 1.06. The minimum absolute atomic E-state index is 0.222. The molecule has 0 amide bonds. The van der Waals surface area contributed by atoms with E-state index in [0.29, 0.717) is 0 Å². The van der Waals surface area contributed by atoms with Crippen molar-refractivity contribution in [2.45, 2.75) is 32.9 Å². The van der Waals surface area contributed by atoms with E-state index in [9.17, 15) is 0 Å². The first-order chi connectivity index (χ1) is 17.0. The van der Waals surface area contributed by atoms with E-state index >= 15 is 0 Å². The van der Waals surface area contributed by atoms with Gasteiger partial charge >= 0.3 is 0 Å². The number of ether oxygens (including phenoxy) is 1. The zero-order chi connectivity index (χ0) is 24.0. The second-order valence-corrected chi connectivity index (χ2v) is 10.6. The highest BCUT2D eigenvalue weighted by Gasteiger charge is 2.26. The monoisotopic (exact) mass is 474 g/mol. The third kappa shape index (κ3) is 4.39. The van der Waals surface area contributed by atoms with Gasteiger partial charge in [-0.25, -0.2) is 4.98 Å². The van der Waals surface area contributed by atoms with E-state index in [-0.39, 0.29) is 5.54 Å². The molecule has 35 heavy (non-hydrogen) atoms. The van der Waals surface area contributed by atoms with Crippen molar-refractivity contribution in [2.24, 2.45) is 0 Å². The lowest BCUT2D eigenvalue weighted by Crippen LogP contribution is -2.53. The molecule has 6 heterocycles. The van der Waals surface area contributed by atoms with Gasteiger partial charge in [0.2, 0.25) is 0 Å². The second-order valence-electron chi connectivity index (χ2n) is 10.6. The second kappa shape index (κ2) is 8.89. The Hall–Kier alpha value is -3.01. The third-order valence-electron chi connectivity index (χ3n) is 7.25. The van der Waals surface area contributed by atoms with E-state index < -0.39 is 0 Å². The Morgan fingerprint density at radius 1 is 1.00 bits per heavy atom. The number of pyridine rings is 1. The molecular weight excluding hydrogens is 440 g/mol. The Kier molecular flexibility index (Phi) is 5.70. The van der Waals surface area contributed by atoms with Gasteiger partial charge in [-0.05, 0) is 26.8 Å². The van der Waals surface area contributed by atoms with Crippen molar-refractivity contribution in [3.05, 3.63) is 42.5 Å². The van der Waals surface area contributed by atoms with Crippen LogP contribution in [0.2, 0.25) is 0 Å². The molecule has 9 heteroatoms. The van der Waals surface area contributed by atoms with Crippen LogP contribution in [0.4, 0.5) is 5.82 Å². The average molecular weight is 475 g/mol. The zero-order valence-corrected chi connectivity index (χ0v) is 20.9. The van der Waals surface area contributed by atoms with Crippen LogP contribution < -0.4 is 4.90 Å². The van der Waals surface area contributed by atoms with Crippen LogP contribution in [0.25, 0.3) is 27.8 Å². The van der Waals surface area contributed by atoms with Gasteiger partial charge in [0.25, 0.3) is 0 Å². The van der Waals surface area contributed by atoms with Crippen molar-refractivity contribution >= 4 is 22.4 Å². The fourth-order valence-corrected chi connectivity index (χ4v) is 5.23. The third-order valence-corrected chi connectivity index (χ3v) is 7.25. The fraction of sp³-hybridized carbons (Fsp3) is 0.500. The molecule has 1 N–H and O–H groups in total. The average Bonchev–Trinajstić information content (AvgIpc) is 3.50. The maximum Gasteiger partial charge on any atom is 0.158 e. The van der Waals surface area contributed by atoms with Crippen LogP contribution in [-0.2, 0) is 11.3 Å². The van der Waals surface area contributed by atoms with Crippen LogP contribution in [0, 0.1) is 0 Å². The van der Waals surface area contributed by atoms with Crippen LogP contribution in [0.15, 0.2) is 36.8 Å². The maximum absolute atomic E-state index is 5.62. The molecular formula is C26H34N8O. The van der Waals surface area contributed by atoms with Crippen molar-refractivity contribution < 1.29 is 4.74 Å². The first-order valence-corrected chi connectivity index (χ1v) is 12.6. The number of aromatic nitrogens is 5. The summed E-state index contributed by atoms with van der Waals surface area (Å²) >= 11 is 0. The van der Waals surface area contributed by atoms with Gasteiger partial charge in [0.15, 0.2) is 5.65 Å². The van der Waals surface area contributed by atoms with Gasteiger partial charge in [-0.2, -0.15) is 9.61 Å². The first-order valence-electron chi connectivity index (χ1n) is 12.6. The van der Waals surface area contributed by atoms with Crippen molar-refractivity contribution in [1.82, 2.24) is 34.4 Å². The molecule has 6 rings (SSSR count). The van der Waals surface area contributed by atoms with Gasteiger partial charge in [0.05, 0.1) is 36.3 Å². The van der Waals surface area contributed by atoms with Gasteiger partial charge < -0.3 is 14.6 Å². The van der Waals surface area contributed by atoms with Crippen LogP contribution in [0.5, 0.6) is 0 Å². The number of morpholine rings is 1. The predicted octanol–water partition coefficient (Wildman–Crippen LogP) is 3.03. The predicted molar refractivity (Wildman–Crippen MR) is 138 cm³/mol. The molecule has 2 saturated heterocycles. The van der Waals surface area contributed by atoms with E-state index in [1.54, 1.807) is 0 Å². The summed E-state index contributed by atoms with van der Waals surface area (Å²) in [5.41, 5.74) is 5.12. The SMILES string of the molecule is CC(C)(C)N1CCN(Cc2cc3nc(-c4cncc5[nH]ccc45)cc(N4CCOCC4)n3n2)CC1. The smallest absolute Gasteiger partial charge is 0.158 e. The first kappa shape index (κ1) is 22.5. The molecule has 0 atom stereocenters. The number of nitrogens with zero attached hydrogens (tertiary/aromatic N) is 7.